The molecule has 1 saturated heterocycles. The number of piperazine rings is 1. The minimum atomic E-state index is -0.483. The zero-order valence-corrected chi connectivity index (χ0v) is 16.3. The normalized spacial score (nSPS) is 15.1. The molecule has 0 bridgehead atoms. The van der Waals surface area contributed by atoms with Crippen molar-refractivity contribution in [3.05, 3.63) is 54.6 Å². The van der Waals surface area contributed by atoms with Crippen molar-refractivity contribution in [1.29, 1.82) is 0 Å². The summed E-state index contributed by atoms with van der Waals surface area (Å²) in [6, 6.07) is 18.3. The molecule has 0 saturated carbocycles. The highest BCUT2D eigenvalue weighted by Gasteiger charge is 2.19. The number of rotatable bonds is 6. The lowest BCUT2D eigenvalue weighted by Crippen LogP contribution is -2.46. The fourth-order valence-corrected chi connectivity index (χ4v) is 3.72. The first kappa shape index (κ1) is 18.7. The summed E-state index contributed by atoms with van der Waals surface area (Å²) in [4.78, 5) is 9.91. The second kappa shape index (κ2) is 8.57. The number of anilines is 1. The largest absolute Gasteiger partial charge is 0.491 e. The number of nitrogens with zero attached hydrogens (tertiary/aromatic N) is 3. The van der Waals surface area contributed by atoms with Crippen molar-refractivity contribution < 1.29 is 9.13 Å². The van der Waals surface area contributed by atoms with E-state index in [1.54, 1.807) is 0 Å². The summed E-state index contributed by atoms with van der Waals surface area (Å²) in [6.07, 6.45) is 0. The molecule has 0 radical (unpaired) electrons. The van der Waals surface area contributed by atoms with E-state index >= 15 is 0 Å². The van der Waals surface area contributed by atoms with E-state index in [1.807, 2.05) is 24.3 Å². The number of ether oxygens (including phenoxy) is 1. The van der Waals surface area contributed by atoms with Gasteiger partial charge >= 0.3 is 0 Å². The van der Waals surface area contributed by atoms with Crippen LogP contribution >= 0.6 is 0 Å². The fourth-order valence-electron chi connectivity index (χ4n) is 3.72. The van der Waals surface area contributed by atoms with Gasteiger partial charge in [0.1, 0.15) is 24.8 Å². The van der Waals surface area contributed by atoms with Crippen LogP contribution in [-0.2, 0) is 0 Å². The van der Waals surface area contributed by atoms with Crippen LogP contribution in [0, 0.1) is 0 Å². The number of hydrogen-bond donors (Lipinski definition) is 0. The van der Waals surface area contributed by atoms with Gasteiger partial charge < -0.3 is 14.5 Å². The molecule has 0 atom stereocenters. The van der Waals surface area contributed by atoms with Gasteiger partial charge in [0.25, 0.3) is 0 Å². The Morgan fingerprint density at radius 2 is 1.75 bits per heavy atom. The lowest BCUT2D eigenvalue weighted by atomic mass is 10.1. The average molecular weight is 379 g/mol. The highest BCUT2D eigenvalue weighted by atomic mass is 19.1. The van der Waals surface area contributed by atoms with E-state index in [-0.39, 0.29) is 6.61 Å². The molecule has 28 heavy (non-hydrogen) atoms. The Balaban J connectivity index is 1.68. The van der Waals surface area contributed by atoms with Gasteiger partial charge in [-0.05, 0) is 42.3 Å². The second-order valence-corrected chi connectivity index (χ2v) is 7.04. The molecule has 4 rings (SSSR count). The van der Waals surface area contributed by atoms with E-state index in [9.17, 15) is 4.39 Å². The van der Waals surface area contributed by atoms with Gasteiger partial charge in [0.15, 0.2) is 0 Å². The van der Waals surface area contributed by atoms with Gasteiger partial charge in [-0.2, -0.15) is 0 Å². The van der Waals surface area contributed by atoms with E-state index in [4.69, 9.17) is 9.72 Å². The summed E-state index contributed by atoms with van der Waals surface area (Å²) < 4.78 is 17.6. The molecule has 2 heterocycles. The van der Waals surface area contributed by atoms with E-state index in [2.05, 4.69) is 47.1 Å². The van der Waals surface area contributed by atoms with Crippen molar-refractivity contribution >= 4 is 16.6 Å². The molecule has 0 unspecified atom stereocenters. The number of hydrogen-bond acceptors (Lipinski definition) is 4. The van der Waals surface area contributed by atoms with Crippen molar-refractivity contribution in [2.45, 2.75) is 6.92 Å². The molecule has 0 amide bonds. The molecule has 146 valence electrons. The molecular weight excluding hydrogens is 353 g/mol. The minimum Gasteiger partial charge on any atom is -0.491 e. The van der Waals surface area contributed by atoms with Crippen LogP contribution in [0.15, 0.2) is 54.6 Å². The van der Waals surface area contributed by atoms with Crippen LogP contribution in [0.2, 0.25) is 0 Å². The van der Waals surface area contributed by atoms with Crippen LogP contribution in [0.5, 0.6) is 5.75 Å². The van der Waals surface area contributed by atoms with Crippen molar-refractivity contribution in [2.75, 3.05) is 50.9 Å². The van der Waals surface area contributed by atoms with Gasteiger partial charge in [0.05, 0.1) is 5.69 Å². The molecule has 0 N–H and O–H groups in total. The van der Waals surface area contributed by atoms with Crippen molar-refractivity contribution in [1.82, 2.24) is 9.88 Å². The molecule has 3 aromatic rings. The Morgan fingerprint density at radius 3 is 2.46 bits per heavy atom. The summed E-state index contributed by atoms with van der Waals surface area (Å²) >= 11 is 0. The molecular formula is C23H26FN3O. The number of aromatic nitrogens is 1. The number of fused-ring (bicyclic) bond motifs is 1. The van der Waals surface area contributed by atoms with E-state index in [0.29, 0.717) is 5.75 Å². The van der Waals surface area contributed by atoms with E-state index in [1.165, 1.54) is 10.8 Å². The Kier molecular flexibility index (Phi) is 5.72. The Labute approximate surface area is 165 Å². The van der Waals surface area contributed by atoms with Crippen LogP contribution in [0.4, 0.5) is 10.2 Å². The zero-order chi connectivity index (χ0) is 19.3. The SMILES string of the molecule is CCN1CCN(c2nc(-c3ccc(OCCF)cc3)cc3ccccc23)CC1. The number of pyridine rings is 1. The monoisotopic (exact) mass is 379 g/mol. The molecule has 0 aliphatic carbocycles. The number of halogens is 1. The minimum absolute atomic E-state index is 0.0848. The summed E-state index contributed by atoms with van der Waals surface area (Å²) in [6.45, 7) is 7.02. The number of alkyl halides is 1. The fraction of sp³-hybridized carbons (Fsp3) is 0.348. The molecule has 1 aliphatic heterocycles. The third-order valence-corrected chi connectivity index (χ3v) is 5.34. The van der Waals surface area contributed by atoms with E-state index in [0.717, 1.165) is 49.8 Å². The molecule has 1 fully saturated rings. The molecule has 5 heteroatoms. The van der Waals surface area contributed by atoms with Gasteiger partial charge in [0.2, 0.25) is 0 Å². The van der Waals surface area contributed by atoms with Crippen molar-refractivity contribution in [2.24, 2.45) is 0 Å². The Hall–Kier alpha value is -2.66. The van der Waals surface area contributed by atoms with Crippen LogP contribution in [0.25, 0.3) is 22.0 Å². The second-order valence-electron chi connectivity index (χ2n) is 7.04. The standard InChI is InChI=1S/C23H26FN3O/c1-2-26-12-14-27(15-13-26)23-21-6-4-3-5-19(21)17-22(25-23)18-7-9-20(10-8-18)28-16-11-24/h3-10,17H,2,11-16H2,1H3. The highest BCUT2D eigenvalue weighted by molar-refractivity contribution is 5.95. The van der Waals surface area contributed by atoms with Gasteiger partial charge in [-0.25, -0.2) is 9.37 Å². The predicted octanol–water partition coefficient (Wildman–Crippen LogP) is 4.39. The zero-order valence-electron chi connectivity index (χ0n) is 16.3. The predicted molar refractivity (Wildman–Crippen MR) is 113 cm³/mol. The van der Waals surface area contributed by atoms with E-state index < -0.39 is 6.67 Å². The quantitative estimate of drug-likeness (QED) is 0.635. The first-order valence-corrected chi connectivity index (χ1v) is 9.95. The maximum absolute atomic E-state index is 12.3. The summed E-state index contributed by atoms with van der Waals surface area (Å²) in [7, 11) is 0. The molecule has 2 aromatic carbocycles. The maximum atomic E-state index is 12.3. The average Bonchev–Trinajstić information content (AvgIpc) is 2.77. The van der Waals surface area contributed by atoms with Crippen molar-refractivity contribution in [3.63, 3.8) is 0 Å². The summed E-state index contributed by atoms with van der Waals surface area (Å²) in [5.74, 6) is 1.74. The van der Waals surface area contributed by atoms with Crippen LogP contribution < -0.4 is 9.64 Å². The van der Waals surface area contributed by atoms with Crippen molar-refractivity contribution in [3.8, 4) is 17.0 Å². The summed E-state index contributed by atoms with van der Waals surface area (Å²) in [5, 5.41) is 2.39. The lowest BCUT2D eigenvalue weighted by molar-refractivity contribution is 0.271. The first-order chi connectivity index (χ1) is 13.8. The number of likely N-dealkylation sites (N-methyl/N-ethyl adjacent to an activating group) is 1. The third-order valence-electron chi connectivity index (χ3n) is 5.34. The molecule has 4 nitrogen and oxygen atoms in total. The third kappa shape index (κ3) is 3.94. The van der Waals surface area contributed by atoms with Crippen LogP contribution in [0.1, 0.15) is 6.92 Å². The Bertz CT molecular complexity index is 921. The van der Waals surface area contributed by atoms with Crippen LogP contribution in [0.3, 0.4) is 0 Å². The molecule has 0 spiro atoms. The van der Waals surface area contributed by atoms with Gasteiger partial charge in [0, 0.05) is 37.1 Å². The Morgan fingerprint density at radius 1 is 1.00 bits per heavy atom. The van der Waals surface area contributed by atoms with Gasteiger partial charge in [-0.1, -0.05) is 31.2 Å². The summed E-state index contributed by atoms with van der Waals surface area (Å²) in [5.41, 5.74) is 1.98. The molecule has 1 aromatic heterocycles. The van der Waals surface area contributed by atoms with Gasteiger partial charge in [-0.3, -0.25) is 0 Å². The highest BCUT2D eigenvalue weighted by Crippen LogP contribution is 2.31. The first-order valence-electron chi connectivity index (χ1n) is 9.95. The molecule has 1 aliphatic rings. The topological polar surface area (TPSA) is 28.6 Å². The number of benzene rings is 2. The van der Waals surface area contributed by atoms with Gasteiger partial charge in [-0.15, -0.1) is 0 Å². The lowest BCUT2D eigenvalue weighted by Gasteiger charge is -2.35. The maximum Gasteiger partial charge on any atom is 0.137 e. The smallest absolute Gasteiger partial charge is 0.137 e. The van der Waals surface area contributed by atoms with Crippen LogP contribution in [-0.4, -0.2) is 55.9 Å².